The van der Waals surface area contributed by atoms with Crippen LogP contribution in [0.4, 0.5) is 5.69 Å². The quantitative estimate of drug-likeness (QED) is 0.365. The van der Waals surface area contributed by atoms with Crippen LogP contribution in [0.3, 0.4) is 0 Å². The van der Waals surface area contributed by atoms with Crippen molar-refractivity contribution in [3.8, 4) is 0 Å². The maximum atomic E-state index is 13.7. The van der Waals surface area contributed by atoms with Gasteiger partial charge in [0.05, 0.1) is 18.3 Å². The monoisotopic (exact) mass is 488 g/mol. The van der Waals surface area contributed by atoms with E-state index in [1.54, 1.807) is 5.01 Å². The summed E-state index contributed by atoms with van der Waals surface area (Å²) in [5.74, 6) is 0.0639. The molecule has 4 aromatic rings. The van der Waals surface area contributed by atoms with Crippen molar-refractivity contribution >= 4 is 28.1 Å². The molecule has 0 aliphatic carbocycles. The first-order valence-corrected chi connectivity index (χ1v) is 13.1. The van der Waals surface area contributed by atoms with E-state index in [2.05, 4.69) is 95.6 Å². The number of aryl methyl sites for hydroxylation is 1. The summed E-state index contributed by atoms with van der Waals surface area (Å²) >= 11 is 0. The Balaban J connectivity index is 1.20. The lowest BCUT2D eigenvalue weighted by Crippen LogP contribution is -2.49. The number of rotatable bonds is 5. The number of benzene rings is 4. The van der Waals surface area contributed by atoms with Crippen molar-refractivity contribution in [2.24, 2.45) is 5.10 Å². The average Bonchev–Trinajstić information content (AvgIpc) is 3.40. The van der Waals surface area contributed by atoms with Crippen LogP contribution in [0.15, 0.2) is 102 Å². The summed E-state index contributed by atoms with van der Waals surface area (Å²) in [6.07, 6.45) is 0.717. The third-order valence-corrected chi connectivity index (χ3v) is 7.62. The van der Waals surface area contributed by atoms with Gasteiger partial charge in [-0.3, -0.25) is 9.69 Å². The second-order valence-corrected chi connectivity index (χ2v) is 10.0. The Morgan fingerprint density at radius 1 is 0.811 bits per heavy atom. The molecule has 2 heterocycles. The van der Waals surface area contributed by atoms with Gasteiger partial charge in [0, 0.05) is 38.3 Å². The molecule has 2 aliphatic rings. The van der Waals surface area contributed by atoms with E-state index < -0.39 is 0 Å². The van der Waals surface area contributed by atoms with Crippen LogP contribution in [0.5, 0.6) is 0 Å². The normalized spacial score (nSPS) is 18.3. The maximum absolute atomic E-state index is 13.7. The predicted octanol–water partition coefficient (Wildman–Crippen LogP) is 5.65. The summed E-state index contributed by atoms with van der Waals surface area (Å²) in [5, 5.41) is 9.07. The first kappa shape index (κ1) is 23.4. The zero-order valence-electron chi connectivity index (χ0n) is 21.3. The van der Waals surface area contributed by atoms with E-state index in [9.17, 15) is 4.79 Å². The number of fused-ring (bicyclic) bond motifs is 1. The van der Waals surface area contributed by atoms with Crippen molar-refractivity contribution in [1.29, 1.82) is 0 Å². The van der Waals surface area contributed by atoms with Crippen LogP contribution in [-0.4, -0.2) is 54.3 Å². The van der Waals surface area contributed by atoms with Crippen molar-refractivity contribution in [2.45, 2.75) is 19.4 Å². The Morgan fingerprint density at radius 3 is 2.30 bits per heavy atom. The van der Waals surface area contributed by atoms with Crippen molar-refractivity contribution in [1.82, 2.24) is 9.91 Å². The Hall–Kier alpha value is -3.96. The number of anilines is 1. The molecule has 0 bridgehead atoms. The maximum Gasteiger partial charge on any atom is 0.257 e. The Morgan fingerprint density at radius 2 is 1.51 bits per heavy atom. The molecule has 0 N–H and O–H groups in total. The number of carbonyl (C=O) groups is 1. The van der Waals surface area contributed by atoms with Gasteiger partial charge >= 0.3 is 0 Å². The van der Waals surface area contributed by atoms with Crippen LogP contribution < -0.4 is 4.90 Å². The Labute approximate surface area is 218 Å². The summed E-state index contributed by atoms with van der Waals surface area (Å²) in [5.41, 5.74) is 5.77. The molecule has 5 heteroatoms. The van der Waals surface area contributed by atoms with Crippen molar-refractivity contribution in [3.05, 3.63) is 114 Å². The molecule has 37 heavy (non-hydrogen) atoms. The molecule has 1 atom stereocenters. The first-order valence-electron chi connectivity index (χ1n) is 13.1. The molecule has 1 unspecified atom stereocenters. The van der Waals surface area contributed by atoms with E-state index in [1.165, 1.54) is 22.0 Å². The number of hydrazone groups is 1. The Kier molecular flexibility index (Phi) is 6.46. The second-order valence-electron chi connectivity index (χ2n) is 10.0. The molecule has 6 rings (SSSR count). The molecular formula is C32H32N4O. The van der Waals surface area contributed by atoms with E-state index in [1.807, 2.05) is 18.2 Å². The highest BCUT2D eigenvalue weighted by molar-refractivity contribution is 6.05. The van der Waals surface area contributed by atoms with E-state index in [0.29, 0.717) is 6.54 Å². The molecule has 0 spiro atoms. The van der Waals surface area contributed by atoms with Gasteiger partial charge in [0.15, 0.2) is 0 Å². The zero-order valence-corrected chi connectivity index (χ0v) is 21.3. The highest BCUT2D eigenvalue weighted by atomic mass is 16.2. The van der Waals surface area contributed by atoms with E-state index in [-0.39, 0.29) is 11.9 Å². The largest absolute Gasteiger partial charge is 0.369 e. The minimum absolute atomic E-state index is 0.0639. The number of piperazine rings is 1. The molecule has 1 amide bonds. The first-order chi connectivity index (χ1) is 18.2. The topological polar surface area (TPSA) is 39.1 Å². The molecule has 0 aromatic heterocycles. The van der Waals surface area contributed by atoms with Gasteiger partial charge in [-0.05, 0) is 46.5 Å². The molecular weight excluding hydrogens is 456 g/mol. The molecule has 1 fully saturated rings. The van der Waals surface area contributed by atoms with Crippen LogP contribution in [0.2, 0.25) is 0 Å². The van der Waals surface area contributed by atoms with Crippen LogP contribution in [0.1, 0.15) is 29.2 Å². The molecule has 0 radical (unpaired) electrons. The summed E-state index contributed by atoms with van der Waals surface area (Å²) in [4.78, 5) is 18.3. The zero-order chi connectivity index (χ0) is 25.2. The highest BCUT2D eigenvalue weighted by Crippen LogP contribution is 2.33. The minimum Gasteiger partial charge on any atom is -0.369 e. The second kappa shape index (κ2) is 10.2. The standard InChI is InChI=1S/C32H32N4O/c1-24-9-5-8-14-30(24)35-19-17-34(18-20-35)23-32(37)36-31(26-11-3-2-4-12-26)22-29(33-36)28-16-15-25-10-6-7-13-27(25)21-28/h2-16,21,31H,17-20,22-23H2,1H3. The third kappa shape index (κ3) is 4.87. The molecule has 186 valence electrons. The van der Waals surface area contributed by atoms with E-state index in [4.69, 9.17) is 5.10 Å². The smallest absolute Gasteiger partial charge is 0.257 e. The van der Waals surface area contributed by atoms with Crippen LogP contribution in [-0.2, 0) is 4.79 Å². The fourth-order valence-electron chi connectivity index (χ4n) is 5.55. The van der Waals surface area contributed by atoms with Gasteiger partial charge in [0.2, 0.25) is 0 Å². The number of hydrogen-bond acceptors (Lipinski definition) is 4. The van der Waals surface area contributed by atoms with Crippen molar-refractivity contribution < 1.29 is 4.79 Å². The average molecular weight is 489 g/mol. The fraction of sp³-hybridized carbons (Fsp3) is 0.250. The third-order valence-electron chi connectivity index (χ3n) is 7.62. The van der Waals surface area contributed by atoms with Gasteiger partial charge in [0.25, 0.3) is 5.91 Å². The molecule has 1 saturated heterocycles. The summed E-state index contributed by atoms with van der Waals surface area (Å²) < 4.78 is 0. The lowest BCUT2D eigenvalue weighted by molar-refractivity contribution is -0.134. The molecule has 4 aromatic carbocycles. The van der Waals surface area contributed by atoms with Gasteiger partial charge < -0.3 is 4.90 Å². The van der Waals surface area contributed by atoms with Crippen LogP contribution >= 0.6 is 0 Å². The van der Waals surface area contributed by atoms with E-state index >= 15 is 0 Å². The van der Waals surface area contributed by atoms with Gasteiger partial charge in [-0.2, -0.15) is 5.10 Å². The summed E-state index contributed by atoms with van der Waals surface area (Å²) in [7, 11) is 0. The fourth-order valence-corrected chi connectivity index (χ4v) is 5.55. The SMILES string of the molecule is Cc1ccccc1N1CCN(CC(=O)N2N=C(c3ccc4ccccc4c3)CC2c2ccccc2)CC1. The van der Waals surface area contributed by atoms with Gasteiger partial charge in [-0.25, -0.2) is 5.01 Å². The Bertz CT molecular complexity index is 1440. The minimum atomic E-state index is -0.0802. The lowest BCUT2D eigenvalue weighted by Gasteiger charge is -2.37. The van der Waals surface area contributed by atoms with Crippen LogP contribution in [0.25, 0.3) is 10.8 Å². The van der Waals surface area contributed by atoms with E-state index in [0.717, 1.165) is 49.4 Å². The predicted molar refractivity (Wildman–Crippen MR) is 151 cm³/mol. The van der Waals surface area contributed by atoms with Gasteiger partial charge in [-0.15, -0.1) is 0 Å². The van der Waals surface area contributed by atoms with Gasteiger partial charge in [-0.1, -0.05) is 84.9 Å². The number of carbonyl (C=O) groups excluding carboxylic acids is 1. The number of hydrogen-bond donors (Lipinski definition) is 0. The lowest BCUT2D eigenvalue weighted by atomic mass is 9.97. The summed E-state index contributed by atoms with van der Waals surface area (Å²) in [6.45, 7) is 6.13. The number of para-hydroxylation sites is 1. The highest BCUT2D eigenvalue weighted by Gasteiger charge is 2.34. The van der Waals surface area contributed by atoms with Crippen molar-refractivity contribution in [3.63, 3.8) is 0 Å². The molecule has 5 nitrogen and oxygen atoms in total. The number of amides is 1. The van der Waals surface area contributed by atoms with Crippen molar-refractivity contribution in [2.75, 3.05) is 37.6 Å². The molecule has 0 saturated carbocycles. The van der Waals surface area contributed by atoms with Crippen LogP contribution in [0, 0.1) is 6.92 Å². The number of nitrogens with zero attached hydrogens (tertiary/aromatic N) is 4. The molecule has 2 aliphatic heterocycles. The van der Waals surface area contributed by atoms with Gasteiger partial charge in [0.1, 0.15) is 0 Å². The summed E-state index contributed by atoms with van der Waals surface area (Å²) in [6, 6.07) is 33.6.